The molecule has 1 aromatic carbocycles. The lowest BCUT2D eigenvalue weighted by atomic mass is 10.1. The van der Waals surface area contributed by atoms with Gasteiger partial charge in [-0.05, 0) is 50.1 Å². The van der Waals surface area contributed by atoms with Crippen molar-refractivity contribution in [2.45, 2.75) is 33.4 Å². The third-order valence-corrected chi connectivity index (χ3v) is 4.74. The van der Waals surface area contributed by atoms with E-state index in [1.807, 2.05) is 26.0 Å². The zero-order chi connectivity index (χ0) is 20.3. The molecule has 28 heavy (non-hydrogen) atoms. The molecule has 0 aliphatic carbocycles. The molecular weight excluding hydrogens is 376 g/mol. The molecule has 0 bridgehead atoms. The zero-order valence-corrected chi connectivity index (χ0v) is 16.7. The van der Waals surface area contributed by atoms with E-state index in [0.29, 0.717) is 16.3 Å². The van der Waals surface area contributed by atoms with E-state index in [9.17, 15) is 9.59 Å². The fraction of sp³-hybridized carbons (Fsp3) is 0.238. The monoisotopic (exact) mass is 396 g/mol. The molecule has 1 atom stereocenters. The summed E-state index contributed by atoms with van der Waals surface area (Å²) < 4.78 is 1.47. The van der Waals surface area contributed by atoms with Crippen molar-refractivity contribution in [3.63, 3.8) is 0 Å². The molecule has 1 unspecified atom stereocenters. The van der Waals surface area contributed by atoms with Crippen LogP contribution in [0.15, 0.2) is 53.7 Å². The molecule has 144 valence electrons. The SMILES string of the molecule is Cc1cnc(Cn2ccc(C)c(C(=O)NC(C)c3ccc(Cl)cc3)c2=O)cn1. The van der Waals surface area contributed by atoms with Crippen molar-refractivity contribution in [3.8, 4) is 0 Å². The van der Waals surface area contributed by atoms with E-state index in [-0.39, 0.29) is 23.7 Å². The fourth-order valence-corrected chi connectivity index (χ4v) is 2.97. The quantitative estimate of drug-likeness (QED) is 0.716. The number of aryl methyl sites for hydroxylation is 2. The smallest absolute Gasteiger partial charge is 0.264 e. The summed E-state index contributed by atoms with van der Waals surface area (Å²) in [4.78, 5) is 34.2. The van der Waals surface area contributed by atoms with Gasteiger partial charge in [-0.3, -0.25) is 19.6 Å². The number of halogens is 1. The summed E-state index contributed by atoms with van der Waals surface area (Å²) in [6.45, 7) is 5.71. The van der Waals surface area contributed by atoms with Gasteiger partial charge in [-0.15, -0.1) is 0 Å². The molecule has 0 spiro atoms. The lowest BCUT2D eigenvalue weighted by molar-refractivity contribution is 0.0937. The Morgan fingerprint density at radius 3 is 2.50 bits per heavy atom. The number of nitrogens with one attached hydrogen (secondary N) is 1. The molecule has 3 aromatic rings. The molecule has 0 aliphatic rings. The van der Waals surface area contributed by atoms with Gasteiger partial charge in [-0.2, -0.15) is 0 Å². The van der Waals surface area contributed by atoms with Crippen LogP contribution in [0.4, 0.5) is 0 Å². The topological polar surface area (TPSA) is 76.9 Å². The molecule has 1 amide bonds. The van der Waals surface area contributed by atoms with Gasteiger partial charge in [-0.1, -0.05) is 23.7 Å². The molecule has 6 nitrogen and oxygen atoms in total. The lowest BCUT2D eigenvalue weighted by Gasteiger charge is -2.16. The number of hydrogen-bond donors (Lipinski definition) is 1. The Kier molecular flexibility index (Phi) is 5.90. The molecule has 0 radical (unpaired) electrons. The van der Waals surface area contributed by atoms with E-state index in [0.717, 1.165) is 11.3 Å². The Bertz CT molecular complexity index is 1040. The third kappa shape index (κ3) is 4.46. The molecule has 1 N–H and O–H groups in total. The third-order valence-electron chi connectivity index (χ3n) is 4.48. The first kappa shape index (κ1) is 19.8. The van der Waals surface area contributed by atoms with Crippen LogP contribution in [0.1, 0.15) is 45.8 Å². The Balaban J connectivity index is 1.84. The Hall–Kier alpha value is -2.99. The summed E-state index contributed by atoms with van der Waals surface area (Å²) in [5, 5.41) is 3.52. The van der Waals surface area contributed by atoms with Crippen molar-refractivity contribution < 1.29 is 4.79 Å². The van der Waals surface area contributed by atoms with Crippen LogP contribution in [0.2, 0.25) is 5.02 Å². The maximum Gasteiger partial charge on any atom is 0.264 e. The Labute approximate surface area is 168 Å². The average molecular weight is 397 g/mol. The Morgan fingerprint density at radius 1 is 1.14 bits per heavy atom. The summed E-state index contributed by atoms with van der Waals surface area (Å²) >= 11 is 5.91. The fourth-order valence-electron chi connectivity index (χ4n) is 2.84. The van der Waals surface area contributed by atoms with Crippen molar-refractivity contribution >= 4 is 17.5 Å². The number of nitrogens with zero attached hydrogens (tertiary/aromatic N) is 3. The van der Waals surface area contributed by atoms with Gasteiger partial charge in [0.1, 0.15) is 5.56 Å². The number of rotatable bonds is 5. The van der Waals surface area contributed by atoms with E-state index in [4.69, 9.17) is 11.6 Å². The van der Waals surface area contributed by atoms with Crippen LogP contribution in [0, 0.1) is 13.8 Å². The standard InChI is InChI=1S/C21H21ClN4O2/c1-13-8-9-26(12-18-11-23-14(2)10-24-18)21(28)19(13)20(27)25-15(3)16-4-6-17(22)7-5-16/h4-11,15H,12H2,1-3H3,(H,25,27). The number of aromatic nitrogens is 3. The number of hydrogen-bond acceptors (Lipinski definition) is 4. The van der Waals surface area contributed by atoms with Gasteiger partial charge in [-0.25, -0.2) is 0 Å². The van der Waals surface area contributed by atoms with Gasteiger partial charge in [0.05, 0.1) is 30.2 Å². The second-order valence-electron chi connectivity index (χ2n) is 6.70. The lowest BCUT2D eigenvalue weighted by Crippen LogP contribution is -2.35. The van der Waals surface area contributed by atoms with Gasteiger partial charge < -0.3 is 9.88 Å². The molecule has 0 saturated heterocycles. The minimum atomic E-state index is -0.408. The molecule has 0 saturated carbocycles. The van der Waals surface area contributed by atoms with Crippen molar-refractivity contribution in [2.75, 3.05) is 0 Å². The molecule has 0 aliphatic heterocycles. The summed E-state index contributed by atoms with van der Waals surface area (Å²) in [7, 11) is 0. The molecule has 3 rings (SSSR count). The first-order chi connectivity index (χ1) is 13.3. The van der Waals surface area contributed by atoms with Crippen LogP contribution >= 0.6 is 11.6 Å². The van der Waals surface area contributed by atoms with Crippen LogP contribution in [0.5, 0.6) is 0 Å². The van der Waals surface area contributed by atoms with Gasteiger partial charge in [0.2, 0.25) is 0 Å². The normalized spacial score (nSPS) is 11.9. The van der Waals surface area contributed by atoms with Crippen molar-refractivity contribution in [1.82, 2.24) is 19.9 Å². The molecule has 2 aromatic heterocycles. The minimum absolute atomic E-state index is 0.128. The van der Waals surface area contributed by atoms with Gasteiger partial charge in [0.25, 0.3) is 11.5 Å². The summed E-state index contributed by atoms with van der Waals surface area (Å²) in [6, 6.07) is 8.72. The van der Waals surface area contributed by atoms with Crippen LogP contribution in [-0.4, -0.2) is 20.4 Å². The predicted molar refractivity (Wildman–Crippen MR) is 109 cm³/mol. The van der Waals surface area contributed by atoms with Gasteiger partial charge >= 0.3 is 0 Å². The highest BCUT2D eigenvalue weighted by atomic mass is 35.5. The second-order valence-corrected chi connectivity index (χ2v) is 7.14. The molecule has 0 fully saturated rings. The Morgan fingerprint density at radius 2 is 1.86 bits per heavy atom. The van der Waals surface area contributed by atoms with E-state index >= 15 is 0 Å². The molecule has 7 heteroatoms. The predicted octanol–water partition coefficient (Wildman–Crippen LogP) is 3.45. The maximum absolute atomic E-state index is 12.9. The minimum Gasteiger partial charge on any atom is -0.345 e. The van der Waals surface area contributed by atoms with E-state index in [1.165, 1.54) is 4.57 Å². The van der Waals surface area contributed by atoms with Crippen LogP contribution in [0.3, 0.4) is 0 Å². The van der Waals surface area contributed by atoms with E-state index in [2.05, 4.69) is 15.3 Å². The average Bonchev–Trinajstić information content (AvgIpc) is 2.66. The summed E-state index contributed by atoms with van der Waals surface area (Å²) in [5.41, 5.74) is 2.75. The number of carbonyl (C=O) groups excluding carboxylic acids is 1. The van der Waals surface area contributed by atoms with E-state index in [1.54, 1.807) is 43.7 Å². The highest BCUT2D eigenvalue weighted by molar-refractivity contribution is 6.30. The number of amides is 1. The second kappa shape index (κ2) is 8.35. The number of carbonyl (C=O) groups is 1. The van der Waals surface area contributed by atoms with Crippen molar-refractivity contribution in [2.24, 2.45) is 0 Å². The van der Waals surface area contributed by atoms with Crippen LogP contribution in [-0.2, 0) is 6.54 Å². The first-order valence-electron chi connectivity index (χ1n) is 8.89. The van der Waals surface area contributed by atoms with Crippen molar-refractivity contribution in [1.29, 1.82) is 0 Å². The highest BCUT2D eigenvalue weighted by Gasteiger charge is 2.18. The maximum atomic E-state index is 12.9. The number of pyridine rings is 1. The van der Waals surface area contributed by atoms with Crippen molar-refractivity contribution in [3.05, 3.63) is 92.4 Å². The van der Waals surface area contributed by atoms with Gasteiger partial charge in [0.15, 0.2) is 0 Å². The molecular formula is C21H21ClN4O2. The zero-order valence-electron chi connectivity index (χ0n) is 15.9. The van der Waals surface area contributed by atoms with E-state index < -0.39 is 5.91 Å². The van der Waals surface area contributed by atoms with Crippen LogP contribution in [0.25, 0.3) is 0 Å². The summed E-state index contributed by atoms with van der Waals surface area (Å²) in [5.74, 6) is -0.408. The highest BCUT2D eigenvalue weighted by Crippen LogP contribution is 2.16. The van der Waals surface area contributed by atoms with Gasteiger partial charge in [0, 0.05) is 17.4 Å². The summed E-state index contributed by atoms with van der Waals surface area (Å²) in [6.07, 6.45) is 4.94. The first-order valence-corrected chi connectivity index (χ1v) is 9.27. The molecule has 2 heterocycles. The van der Waals surface area contributed by atoms with Crippen LogP contribution < -0.4 is 10.9 Å². The number of benzene rings is 1. The largest absolute Gasteiger partial charge is 0.345 e.